The van der Waals surface area contributed by atoms with E-state index in [1.54, 1.807) is 12.1 Å². The number of nitrogens with one attached hydrogen (secondary N) is 1. The van der Waals surface area contributed by atoms with Crippen LogP contribution in [0.5, 0.6) is 0 Å². The van der Waals surface area contributed by atoms with Gasteiger partial charge in [0, 0.05) is 25.6 Å². The summed E-state index contributed by atoms with van der Waals surface area (Å²) in [6.07, 6.45) is 2.75. The van der Waals surface area contributed by atoms with Gasteiger partial charge in [-0.15, -0.1) is 0 Å². The lowest BCUT2D eigenvalue weighted by Gasteiger charge is -2.25. The van der Waals surface area contributed by atoms with E-state index in [-0.39, 0.29) is 5.91 Å². The molecule has 22 heavy (non-hydrogen) atoms. The minimum atomic E-state index is -0.876. The van der Waals surface area contributed by atoms with Crippen molar-refractivity contribution in [2.24, 2.45) is 11.8 Å². The second-order valence-corrected chi connectivity index (χ2v) is 6.53. The molecular formula is C17H22N2O3. The molecule has 1 aromatic rings. The summed E-state index contributed by atoms with van der Waals surface area (Å²) < 4.78 is 0. The number of hydrogen-bond acceptors (Lipinski definition) is 3. The van der Waals surface area contributed by atoms with Gasteiger partial charge in [0.05, 0.1) is 5.56 Å². The van der Waals surface area contributed by atoms with Crippen LogP contribution in [0.2, 0.25) is 0 Å². The number of nitrogens with zero attached hydrogens (tertiary/aromatic N) is 1. The summed E-state index contributed by atoms with van der Waals surface area (Å²) >= 11 is 0. The van der Waals surface area contributed by atoms with Gasteiger partial charge in [-0.1, -0.05) is 18.2 Å². The summed E-state index contributed by atoms with van der Waals surface area (Å²) in [4.78, 5) is 25.0. The quantitative estimate of drug-likeness (QED) is 0.889. The molecule has 1 amide bonds. The Hall–Kier alpha value is -1.88. The normalized spacial score (nSPS) is 27.5. The monoisotopic (exact) mass is 302 g/mol. The van der Waals surface area contributed by atoms with Crippen molar-refractivity contribution in [1.29, 1.82) is 0 Å². The molecule has 0 radical (unpaired) electrons. The van der Waals surface area contributed by atoms with Crippen molar-refractivity contribution in [3.8, 4) is 0 Å². The summed E-state index contributed by atoms with van der Waals surface area (Å²) in [7, 11) is 2.05. The van der Waals surface area contributed by atoms with Gasteiger partial charge in [0.25, 0.3) is 0 Å². The Kier molecular flexibility index (Phi) is 4.16. The molecule has 1 saturated heterocycles. The van der Waals surface area contributed by atoms with Crippen LogP contribution in [0.4, 0.5) is 0 Å². The minimum Gasteiger partial charge on any atom is -0.478 e. The number of carboxylic acid groups (broad SMARTS) is 1. The molecule has 5 nitrogen and oxygen atoms in total. The van der Waals surface area contributed by atoms with Gasteiger partial charge in [0.15, 0.2) is 0 Å². The molecule has 0 unspecified atom stereocenters. The van der Waals surface area contributed by atoms with E-state index in [2.05, 4.69) is 17.3 Å². The molecule has 2 aliphatic rings. The fourth-order valence-corrected chi connectivity index (χ4v) is 3.86. The Balaban J connectivity index is 1.67. The fourth-order valence-electron chi connectivity index (χ4n) is 3.86. The van der Waals surface area contributed by atoms with Crippen molar-refractivity contribution in [2.75, 3.05) is 13.6 Å². The standard InChI is InChI=1S/C17H22N2O3/c1-19(10-11-4-2-3-5-15(11)17(21)22)14-6-12-8-16(20)18-9-13(12)7-14/h2-5,12-14H,6-10H2,1H3,(H,18,20)(H,21,22)/t12-,13+,14-/m1/s1. The van der Waals surface area contributed by atoms with Crippen molar-refractivity contribution in [1.82, 2.24) is 10.2 Å². The highest BCUT2D eigenvalue weighted by Crippen LogP contribution is 2.38. The van der Waals surface area contributed by atoms with Crippen molar-refractivity contribution in [3.63, 3.8) is 0 Å². The van der Waals surface area contributed by atoms with E-state index in [0.29, 0.717) is 36.4 Å². The smallest absolute Gasteiger partial charge is 0.336 e. The largest absolute Gasteiger partial charge is 0.478 e. The molecule has 3 rings (SSSR count). The maximum absolute atomic E-state index is 11.5. The molecule has 0 spiro atoms. The Morgan fingerprint density at radius 1 is 1.32 bits per heavy atom. The van der Waals surface area contributed by atoms with Crippen LogP contribution in [0, 0.1) is 11.8 Å². The van der Waals surface area contributed by atoms with Gasteiger partial charge in [-0.3, -0.25) is 9.69 Å². The summed E-state index contributed by atoms with van der Waals surface area (Å²) in [5.41, 5.74) is 1.23. The highest BCUT2D eigenvalue weighted by atomic mass is 16.4. The number of carbonyl (C=O) groups is 2. The predicted octanol–water partition coefficient (Wildman–Crippen LogP) is 1.73. The van der Waals surface area contributed by atoms with Gasteiger partial charge < -0.3 is 10.4 Å². The molecule has 1 saturated carbocycles. The second-order valence-electron chi connectivity index (χ2n) is 6.53. The van der Waals surface area contributed by atoms with E-state index in [9.17, 15) is 14.7 Å². The third kappa shape index (κ3) is 2.99. The van der Waals surface area contributed by atoms with Crippen LogP contribution in [0.25, 0.3) is 0 Å². The van der Waals surface area contributed by atoms with E-state index >= 15 is 0 Å². The highest BCUT2D eigenvalue weighted by molar-refractivity contribution is 5.89. The third-order valence-corrected chi connectivity index (χ3v) is 5.12. The van der Waals surface area contributed by atoms with Gasteiger partial charge in [0.1, 0.15) is 0 Å². The molecule has 2 fully saturated rings. The average Bonchev–Trinajstić information content (AvgIpc) is 2.90. The van der Waals surface area contributed by atoms with Crippen LogP contribution in [-0.4, -0.2) is 41.5 Å². The summed E-state index contributed by atoms with van der Waals surface area (Å²) in [6.45, 7) is 1.42. The van der Waals surface area contributed by atoms with Crippen LogP contribution < -0.4 is 5.32 Å². The number of amides is 1. The Labute approximate surface area is 130 Å². The lowest BCUT2D eigenvalue weighted by atomic mass is 9.89. The van der Waals surface area contributed by atoms with Crippen LogP contribution in [0.3, 0.4) is 0 Å². The van der Waals surface area contributed by atoms with Gasteiger partial charge in [0.2, 0.25) is 5.91 Å². The molecule has 1 aromatic carbocycles. The predicted molar refractivity (Wildman–Crippen MR) is 82.5 cm³/mol. The van der Waals surface area contributed by atoms with E-state index in [1.807, 2.05) is 12.1 Å². The van der Waals surface area contributed by atoms with Crippen molar-refractivity contribution in [2.45, 2.75) is 31.8 Å². The number of aromatic carboxylic acids is 1. The first kappa shape index (κ1) is 15.0. The lowest BCUT2D eigenvalue weighted by molar-refractivity contribution is -0.124. The molecule has 1 aliphatic heterocycles. The van der Waals surface area contributed by atoms with Gasteiger partial charge >= 0.3 is 5.97 Å². The van der Waals surface area contributed by atoms with Crippen LogP contribution in [0.15, 0.2) is 24.3 Å². The van der Waals surface area contributed by atoms with Gasteiger partial charge in [-0.2, -0.15) is 0 Å². The van der Waals surface area contributed by atoms with E-state index in [4.69, 9.17) is 0 Å². The molecule has 2 N–H and O–H groups in total. The number of carboxylic acids is 1. The molecule has 5 heteroatoms. The first-order chi connectivity index (χ1) is 10.5. The number of fused-ring (bicyclic) bond motifs is 1. The highest BCUT2D eigenvalue weighted by Gasteiger charge is 2.39. The second kappa shape index (κ2) is 6.08. The van der Waals surface area contributed by atoms with Crippen molar-refractivity contribution in [3.05, 3.63) is 35.4 Å². The Morgan fingerprint density at radius 2 is 2.05 bits per heavy atom. The van der Waals surface area contributed by atoms with Gasteiger partial charge in [-0.25, -0.2) is 4.79 Å². The van der Waals surface area contributed by atoms with E-state index < -0.39 is 5.97 Å². The summed E-state index contributed by atoms with van der Waals surface area (Å²) in [6, 6.07) is 7.60. The molecule has 1 heterocycles. The fraction of sp³-hybridized carbons (Fsp3) is 0.529. The van der Waals surface area contributed by atoms with E-state index in [0.717, 1.165) is 24.9 Å². The number of carbonyl (C=O) groups excluding carboxylic acids is 1. The van der Waals surface area contributed by atoms with E-state index in [1.165, 1.54) is 0 Å². The zero-order valence-corrected chi connectivity index (χ0v) is 12.8. The Bertz CT molecular complexity index is 587. The van der Waals surface area contributed by atoms with Crippen LogP contribution >= 0.6 is 0 Å². The average molecular weight is 302 g/mol. The maximum Gasteiger partial charge on any atom is 0.336 e. The zero-order chi connectivity index (χ0) is 15.7. The molecule has 3 atom stereocenters. The molecule has 0 bridgehead atoms. The Morgan fingerprint density at radius 3 is 2.82 bits per heavy atom. The molecule has 118 valence electrons. The summed E-state index contributed by atoms with van der Waals surface area (Å²) in [5, 5.41) is 12.2. The van der Waals surface area contributed by atoms with Gasteiger partial charge in [-0.05, 0) is 43.4 Å². The molecular weight excluding hydrogens is 280 g/mol. The summed E-state index contributed by atoms with van der Waals surface area (Å²) in [5.74, 6) is 0.343. The minimum absolute atomic E-state index is 0.167. The maximum atomic E-state index is 11.5. The van der Waals surface area contributed by atoms with Crippen LogP contribution in [-0.2, 0) is 11.3 Å². The van der Waals surface area contributed by atoms with Crippen molar-refractivity contribution >= 4 is 11.9 Å². The lowest BCUT2D eigenvalue weighted by Crippen LogP contribution is -2.38. The molecule has 0 aromatic heterocycles. The number of piperidine rings is 1. The number of hydrogen-bond donors (Lipinski definition) is 2. The number of rotatable bonds is 4. The van der Waals surface area contributed by atoms with Crippen LogP contribution in [0.1, 0.15) is 35.2 Å². The SMILES string of the molecule is CN(Cc1ccccc1C(=O)O)[C@H]1C[C@H]2CNC(=O)C[C@H]2C1. The topological polar surface area (TPSA) is 69.6 Å². The third-order valence-electron chi connectivity index (χ3n) is 5.12. The first-order valence-corrected chi connectivity index (χ1v) is 7.82. The number of benzene rings is 1. The first-order valence-electron chi connectivity index (χ1n) is 7.82. The molecule has 1 aliphatic carbocycles. The van der Waals surface area contributed by atoms with Crippen molar-refractivity contribution < 1.29 is 14.7 Å². The zero-order valence-electron chi connectivity index (χ0n) is 12.8.